The van der Waals surface area contributed by atoms with E-state index in [1.54, 1.807) is 25.3 Å². The minimum atomic E-state index is -0.243. The third-order valence-corrected chi connectivity index (χ3v) is 5.96. The van der Waals surface area contributed by atoms with Crippen molar-refractivity contribution in [2.24, 2.45) is 0 Å². The fourth-order valence-corrected chi connectivity index (χ4v) is 4.36. The third kappa shape index (κ3) is 4.52. The summed E-state index contributed by atoms with van der Waals surface area (Å²) in [6.07, 6.45) is 0.710. The second-order valence-corrected chi connectivity index (χ2v) is 7.91. The number of halogens is 1. The van der Waals surface area contributed by atoms with E-state index in [1.807, 2.05) is 24.3 Å². The summed E-state index contributed by atoms with van der Waals surface area (Å²) in [5, 5.41) is 0.537. The van der Waals surface area contributed by atoms with Gasteiger partial charge < -0.3 is 9.72 Å². The lowest BCUT2D eigenvalue weighted by molar-refractivity contribution is 0.237. The maximum atomic E-state index is 13.8. The number of aromatic nitrogens is 2. The first-order valence-corrected chi connectivity index (χ1v) is 10.4. The molecule has 2 aromatic carbocycles. The number of H-pyrrole nitrogens is 1. The number of benzene rings is 2. The van der Waals surface area contributed by atoms with Crippen LogP contribution in [0.1, 0.15) is 22.4 Å². The Morgan fingerprint density at radius 2 is 1.93 bits per heavy atom. The molecule has 2 heterocycles. The molecular formula is C22H22FN3O2S. The molecule has 0 saturated heterocycles. The van der Waals surface area contributed by atoms with E-state index in [2.05, 4.69) is 14.9 Å². The SMILES string of the molecule is COc1ccccc1CN1CCc2nc(SCc3ccccc3F)[nH]c(=O)c2C1. The molecule has 0 spiro atoms. The molecule has 0 saturated carbocycles. The fourth-order valence-electron chi connectivity index (χ4n) is 3.50. The first-order chi connectivity index (χ1) is 14.1. The number of thioether (sulfide) groups is 1. The van der Waals surface area contributed by atoms with Gasteiger partial charge in [0, 0.05) is 37.4 Å². The zero-order valence-corrected chi connectivity index (χ0v) is 17.0. The lowest BCUT2D eigenvalue weighted by Crippen LogP contribution is -2.35. The molecule has 150 valence electrons. The molecule has 0 aliphatic carbocycles. The standard InChI is InChI=1S/C22H22FN3O2S/c1-28-20-9-5-3-6-15(20)12-26-11-10-19-17(13-26)21(27)25-22(24-19)29-14-16-7-2-4-8-18(16)23/h2-9H,10-14H2,1H3,(H,24,25,27). The average molecular weight is 412 g/mol. The molecule has 7 heteroatoms. The molecule has 0 radical (unpaired) electrons. The highest BCUT2D eigenvalue weighted by Crippen LogP contribution is 2.25. The predicted octanol–water partition coefficient (Wildman–Crippen LogP) is 3.77. The van der Waals surface area contributed by atoms with Crippen molar-refractivity contribution in [2.45, 2.75) is 30.4 Å². The van der Waals surface area contributed by atoms with Crippen LogP contribution in [0.3, 0.4) is 0 Å². The van der Waals surface area contributed by atoms with Gasteiger partial charge in [0.2, 0.25) is 0 Å². The van der Waals surface area contributed by atoms with Crippen molar-refractivity contribution < 1.29 is 9.13 Å². The molecule has 1 aliphatic heterocycles. The maximum Gasteiger partial charge on any atom is 0.256 e. The normalized spacial score (nSPS) is 13.9. The van der Waals surface area contributed by atoms with Gasteiger partial charge >= 0.3 is 0 Å². The summed E-state index contributed by atoms with van der Waals surface area (Å²) in [6.45, 7) is 2.08. The Morgan fingerprint density at radius 3 is 2.72 bits per heavy atom. The van der Waals surface area contributed by atoms with Gasteiger partial charge in [0.25, 0.3) is 5.56 Å². The van der Waals surface area contributed by atoms with E-state index in [0.29, 0.717) is 41.5 Å². The molecule has 5 nitrogen and oxygen atoms in total. The zero-order valence-electron chi connectivity index (χ0n) is 16.2. The van der Waals surface area contributed by atoms with Gasteiger partial charge in [0.15, 0.2) is 5.16 Å². The van der Waals surface area contributed by atoms with Crippen molar-refractivity contribution in [3.63, 3.8) is 0 Å². The molecule has 1 aliphatic rings. The highest BCUT2D eigenvalue weighted by atomic mass is 32.2. The minimum absolute atomic E-state index is 0.115. The van der Waals surface area contributed by atoms with Crippen LogP contribution in [0.25, 0.3) is 0 Å². The van der Waals surface area contributed by atoms with Crippen LogP contribution in [0, 0.1) is 5.82 Å². The molecule has 1 N–H and O–H groups in total. The number of para-hydroxylation sites is 1. The van der Waals surface area contributed by atoms with Crippen molar-refractivity contribution >= 4 is 11.8 Å². The monoisotopic (exact) mass is 411 g/mol. The number of hydrogen-bond donors (Lipinski definition) is 1. The Bertz CT molecular complexity index is 1070. The van der Waals surface area contributed by atoms with Gasteiger partial charge in [-0.05, 0) is 17.7 Å². The zero-order chi connectivity index (χ0) is 20.2. The average Bonchev–Trinajstić information content (AvgIpc) is 2.74. The first kappa shape index (κ1) is 19.7. The van der Waals surface area contributed by atoms with Crippen LogP contribution in [-0.4, -0.2) is 28.5 Å². The van der Waals surface area contributed by atoms with E-state index in [4.69, 9.17) is 4.74 Å². The largest absolute Gasteiger partial charge is 0.496 e. The van der Waals surface area contributed by atoms with Crippen molar-refractivity contribution in [3.05, 3.63) is 87.1 Å². The Balaban J connectivity index is 1.47. The van der Waals surface area contributed by atoms with Crippen molar-refractivity contribution in [2.75, 3.05) is 13.7 Å². The fraction of sp³-hybridized carbons (Fsp3) is 0.273. The molecule has 0 unspecified atom stereocenters. The van der Waals surface area contributed by atoms with Gasteiger partial charge in [-0.1, -0.05) is 48.2 Å². The van der Waals surface area contributed by atoms with E-state index < -0.39 is 0 Å². The summed E-state index contributed by atoms with van der Waals surface area (Å²) >= 11 is 1.35. The summed E-state index contributed by atoms with van der Waals surface area (Å²) in [5.74, 6) is 1.03. The van der Waals surface area contributed by atoms with E-state index in [9.17, 15) is 9.18 Å². The number of rotatable bonds is 6. The van der Waals surface area contributed by atoms with Gasteiger partial charge in [-0.2, -0.15) is 0 Å². The summed E-state index contributed by atoms with van der Waals surface area (Å²) in [5.41, 5.74) is 3.12. The number of nitrogens with zero attached hydrogens (tertiary/aromatic N) is 2. The number of ether oxygens (including phenoxy) is 1. The van der Waals surface area contributed by atoms with Gasteiger partial charge in [0.1, 0.15) is 11.6 Å². The van der Waals surface area contributed by atoms with Crippen LogP contribution in [-0.2, 0) is 25.3 Å². The van der Waals surface area contributed by atoms with Crippen LogP contribution >= 0.6 is 11.8 Å². The third-order valence-electron chi connectivity index (χ3n) is 5.03. The molecule has 0 bridgehead atoms. The van der Waals surface area contributed by atoms with E-state index >= 15 is 0 Å². The van der Waals surface area contributed by atoms with Crippen molar-refractivity contribution in [1.82, 2.24) is 14.9 Å². The molecule has 4 rings (SSSR count). The molecule has 0 atom stereocenters. The smallest absolute Gasteiger partial charge is 0.256 e. The van der Waals surface area contributed by atoms with Crippen LogP contribution in [0.4, 0.5) is 4.39 Å². The van der Waals surface area contributed by atoms with Gasteiger partial charge in [-0.3, -0.25) is 9.69 Å². The molecule has 0 amide bonds. The van der Waals surface area contributed by atoms with Crippen molar-refractivity contribution in [1.29, 1.82) is 0 Å². The maximum absolute atomic E-state index is 13.8. The Morgan fingerprint density at radius 1 is 1.17 bits per heavy atom. The highest BCUT2D eigenvalue weighted by Gasteiger charge is 2.22. The number of methoxy groups -OCH3 is 1. The van der Waals surface area contributed by atoms with Gasteiger partial charge in [-0.25, -0.2) is 9.37 Å². The Hall–Kier alpha value is -2.64. The second-order valence-electron chi connectivity index (χ2n) is 6.95. The molecule has 3 aromatic rings. The number of nitrogens with one attached hydrogen (secondary N) is 1. The van der Waals surface area contributed by atoms with Gasteiger partial charge in [0.05, 0.1) is 18.4 Å². The highest BCUT2D eigenvalue weighted by molar-refractivity contribution is 7.98. The van der Waals surface area contributed by atoms with Crippen molar-refractivity contribution in [3.8, 4) is 5.75 Å². The van der Waals surface area contributed by atoms with E-state index in [0.717, 1.165) is 23.6 Å². The Labute approximate surface area is 172 Å². The van der Waals surface area contributed by atoms with Crippen LogP contribution in [0.15, 0.2) is 58.5 Å². The lowest BCUT2D eigenvalue weighted by atomic mass is 10.1. The quantitative estimate of drug-likeness (QED) is 0.494. The molecular weight excluding hydrogens is 389 g/mol. The van der Waals surface area contributed by atoms with Crippen LogP contribution in [0.5, 0.6) is 5.75 Å². The predicted molar refractivity (Wildman–Crippen MR) is 112 cm³/mol. The lowest BCUT2D eigenvalue weighted by Gasteiger charge is -2.28. The summed E-state index contributed by atoms with van der Waals surface area (Å²) in [6, 6.07) is 14.6. The number of aromatic amines is 1. The van der Waals surface area contributed by atoms with E-state index in [-0.39, 0.29) is 11.4 Å². The summed E-state index contributed by atoms with van der Waals surface area (Å²) < 4.78 is 19.2. The summed E-state index contributed by atoms with van der Waals surface area (Å²) in [4.78, 5) is 22.4. The van der Waals surface area contributed by atoms with Crippen LogP contribution in [0.2, 0.25) is 0 Å². The van der Waals surface area contributed by atoms with E-state index in [1.165, 1.54) is 17.8 Å². The number of hydrogen-bond acceptors (Lipinski definition) is 5. The topological polar surface area (TPSA) is 58.2 Å². The first-order valence-electron chi connectivity index (χ1n) is 9.46. The molecule has 1 aromatic heterocycles. The molecule has 29 heavy (non-hydrogen) atoms. The number of fused-ring (bicyclic) bond motifs is 1. The minimum Gasteiger partial charge on any atom is -0.496 e. The summed E-state index contributed by atoms with van der Waals surface area (Å²) in [7, 11) is 1.67. The van der Waals surface area contributed by atoms with Gasteiger partial charge in [-0.15, -0.1) is 0 Å². The molecule has 0 fully saturated rings. The van der Waals surface area contributed by atoms with Crippen LogP contribution < -0.4 is 10.3 Å². The second kappa shape index (κ2) is 8.80. The Kier molecular flexibility index (Phi) is 5.97.